The van der Waals surface area contributed by atoms with Gasteiger partial charge in [-0.15, -0.1) is 0 Å². The zero-order chi connectivity index (χ0) is 15.4. The summed E-state index contributed by atoms with van der Waals surface area (Å²) in [5.41, 5.74) is 0.477. The molecule has 0 aromatic heterocycles. The second-order valence-electron chi connectivity index (χ2n) is 5.04. The van der Waals surface area contributed by atoms with Crippen LogP contribution >= 0.6 is 11.6 Å². The number of halogens is 1. The highest BCUT2D eigenvalue weighted by molar-refractivity contribution is 6.31. The fraction of sp³-hybridized carbons (Fsp3) is 0.467. The lowest BCUT2D eigenvalue weighted by molar-refractivity contribution is -0.145. The molecule has 2 N–H and O–H groups in total. The standard InChI is InChI=1S/C15H18ClNO4/c1-2-21-13-7-6-9(16)8-12(13)17-14(18)10-4-3-5-11(10)15(19)20/h6-8,10-11H,2-5H2,1H3,(H,17,18)(H,19,20). The summed E-state index contributed by atoms with van der Waals surface area (Å²) in [6.45, 7) is 2.31. The van der Waals surface area contributed by atoms with Gasteiger partial charge in [-0.3, -0.25) is 9.59 Å². The molecule has 0 aliphatic heterocycles. The van der Waals surface area contributed by atoms with E-state index in [2.05, 4.69) is 5.32 Å². The summed E-state index contributed by atoms with van der Waals surface area (Å²) in [6.07, 6.45) is 1.89. The van der Waals surface area contributed by atoms with Crippen LogP contribution in [0.3, 0.4) is 0 Å². The quantitative estimate of drug-likeness (QED) is 0.875. The van der Waals surface area contributed by atoms with E-state index in [1.165, 1.54) is 0 Å². The van der Waals surface area contributed by atoms with Crippen LogP contribution in [0.4, 0.5) is 5.69 Å². The Morgan fingerprint density at radius 1 is 1.38 bits per heavy atom. The summed E-state index contributed by atoms with van der Waals surface area (Å²) in [7, 11) is 0. The summed E-state index contributed by atoms with van der Waals surface area (Å²) >= 11 is 5.94. The van der Waals surface area contributed by atoms with E-state index in [-0.39, 0.29) is 5.91 Å². The maximum Gasteiger partial charge on any atom is 0.307 e. The van der Waals surface area contributed by atoms with Crippen LogP contribution in [0.2, 0.25) is 5.02 Å². The molecule has 2 unspecified atom stereocenters. The number of benzene rings is 1. The first kappa shape index (κ1) is 15.6. The number of hydrogen-bond acceptors (Lipinski definition) is 3. The molecular formula is C15H18ClNO4. The van der Waals surface area contributed by atoms with Crippen molar-refractivity contribution >= 4 is 29.2 Å². The molecule has 2 rings (SSSR count). The molecule has 6 heteroatoms. The Balaban J connectivity index is 2.15. The van der Waals surface area contributed by atoms with Crippen molar-refractivity contribution in [2.24, 2.45) is 11.8 Å². The minimum absolute atomic E-state index is 0.289. The summed E-state index contributed by atoms with van der Waals surface area (Å²) < 4.78 is 5.44. The molecule has 5 nitrogen and oxygen atoms in total. The first-order valence-electron chi connectivity index (χ1n) is 6.99. The van der Waals surface area contributed by atoms with Crippen molar-refractivity contribution in [2.75, 3.05) is 11.9 Å². The molecule has 1 saturated carbocycles. The minimum Gasteiger partial charge on any atom is -0.492 e. The van der Waals surface area contributed by atoms with Crippen LogP contribution < -0.4 is 10.1 Å². The molecule has 0 saturated heterocycles. The van der Waals surface area contributed by atoms with E-state index < -0.39 is 17.8 Å². The maximum atomic E-state index is 12.3. The highest BCUT2D eigenvalue weighted by atomic mass is 35.5. The number of carbonyl (C=O) groups excluding carboxylic acids is 1. The molecule has 1 aromatic rings. The molecule has 1 aliphatic rings. The van der Waals surface area contributed by atoms with Crippen molar-refractivity contribution in [1.82, 2.24) is 0 Å². The van der Waals surface area contributed by atoms with Gasteiger partial charge in [0.05, 0.1) is 24.1 Å². The summed E-state index contributed by atoms with van der Waals surface area (Å²) in [6, 6.07) is 4.97. The Morgan fingerprint density at radius 3 is 2.76 bits per heavy atom. The van der Waals surface area contributed by atoms with Crippen molar-refractivity contribution in [3.63, 3.8) is 0 Å². The average molecular weight is 312 g/mol. The molecule has 0 radical (unpaired) electrons. The molecule has 1 amide bonds. The van der Waals surface area contributed by atoms with E-state index in [4.69, 9.17) is 21.4 Å². The van der Waals surface area contributed by atoms with E-state index in [1.54, 1.807) is 18.2 Å². The third-order valence-corrected chi connectivity index (χ3v) is 3.90. The van der Waals surface area contributed by atoms with Crippen molar-refractivity contribution in [1.29, 1.82) is 0 Å². The van der Waals surface area contributed by atoms with Crippen LogP contribution in [-0.2, 0) is 9.59 Å². The number of nitrogens with one attached hydrogen (secondary N) is 1. The Hall–Kier alpha value is -1.75. The Morgan fingerprint density at radius 2 is 2.10 bits per heavy atom. The monoisotopic (exact) mass is 311 g/mol. The number of rotatable bonds is 5. The van der Waals surface area contributed by atoms with Crippen LogP contribution in [0.1, 0.15) is 26.2 Å². The lowest BCUT2D eigenvalue weighted by atomic mass is 9.95. The van der Waals surface area contributed by atoms with Crippen LogP contribution in [0, 0.1) is 11.8 Å². The molecule has 0 bridgehead atoms. The van der Waals surface area contributed by atoms with E-state index in [1.807, 2.05) is 6.92 Å². The largest absolute Gasteiger partial charge is 0.492 e. The topological polar surface area (TPSA) is 75.6 Å². The van der Waals surface area contributed by atoms with E-state index in [0.29, 0.717) is 35.9 Å². The molecule has 0 spiro atoms. The van der Waals surface area contributed by atoms with Gasteiger partial charge in [-0.05, 0) is 38.0 Å². The Kier molecular flexibility index (Phi) is 5.07. The van der Waals surface area contributed by atoms with E-state index >= 15 is 0 Å². The molecule has 1 aromatic carbocycles. The third kappa shape index (κ3) is 3.67. The van der Waals surface area contributed by atoms with Gasteiger partial charge in [0.2, 0.25) is 5.91 Å². The smallest absolute Gasteiger partial charge is 0.307 e. The molecule has 0 heterocycles. The fourth-order valence-electron chi connectivity index (χ4n) is 2.68. The number of ether oxygens (including phenoxy) is 1. The van der Waals surface area contributed by atoms with Crippen LogP contribution in [0.15, 0.2) is 18.2 Å². The first-order chi connectivity index (χ1) is 10.0. The second kappa shape index (κ2) is 6.80. The molecule has 1 aliphatic carbocycles. The maximum absolute atomic E-state index is 12.3. The van der Waals surface area contributed by atoms with Gasteiger partial charge in [-0.2, -0.15) is 0 Å². The van der Waals surface area contributed by atoms with Crippen molar-refractivity contribution in [3.05, 3.63) is 23.2 Å². The Labute approximate surface area is 128 Å². The van der Waals surface area contributed by atoms with Gasteiger partial charge >= 0.3 is 5.97 Å². The SMILES string of the molecule is CCOc1ccc(Cl)cc1NC(=O)C1CCCC1C(=O)O. The predicted octanol–water partition coefficient (Wildman–Crippen LogP) is 3.18. The van der Waals surface area contributed by atoms with Crippen molar-refractivity contribution < 1.29 is 19.4 Å². The molecule has 21 heavy (non-hydrogen) atoms. The van der Waals surface area contributed by atoms with Crippen molar-refractivity contribution in [3.8, 4) is 5.75 Å². The van der Waals surface area contributed by atoms with Crippen LogP contribution in [0.5, 0.6) is 5.75 Å². The van der Waals surface area contributed by atoms with E-state index in [0.717, 1.165) is 6.42 Å². The number of carboxylic acids is 1. The molecule has 1 fully saturated rings. The summed E-state index contributed by atoms with van der Waals surface area (Å²) in [4.78, 5) is 23.5. The van der Waals surface area contributed by atoms with Crippen LogP contribution in [-0.4, -0.2) is 23.6 Å². The normalized spacial score (nSPS) is 21.0. The zero-order valence-corrected chi connectivity index (χ0v) is 12.5. The van der Waals surface area contributed by atoms with Gasteiger partial charge in [-0.1, -0.05) is 18.0 Å². The van der Waals surface area contributed by atoms with Gasteiger partial charge in [0.25, 0.3) is 0 Å². The lowest BCUT2D eigenvalue weighted by Crippen LogP contribution is -2.30. The predicted molar refractivity (Wildman–Crippen MR) is 79.7 cm³/mol. The van der Waals surface area contributed by atoms with Gasteiger partial charge in [0, 0.05) is 5.02 Å². The minimum atomic E-state index is -0.913. The second-order valence-corrected chi connectivity index (χ2v) is 5.48. The highest BCUT2D eigenvalue weighted by Crippen LogP contribution is 2.34. The van der Waals surface area contributed by atoms with Gasteiger partial charge < -0.3 is 15.2 Å². The summed E-state index contributed by atoms with van der Waals surface area (Å²) in [5, 5.41) is 12.4. The molecular weight excluding hydrogens is 294 g/mol. The number of carboxylic acid groups (broad SMARTS) is 1. The molecule has 2 atom stereocenters. The summed E-state index contributed by atoms with van der Waals surface area (Å²) in [5.74, 6) is -1.79. The van der Waals surface area contributed by atoms with Crippen LogP contribution in [0.25, 0.3) is 0 Å². The zero-order valence-electron chi connectivity index (χ0n) is 11.8. The average Bonchev–Trinajstić information content (AvgIpc) is 2.91. The first-order valence-corrected chi connectivity index (χ1v) is 7.36. The fourth-order valence-corrected chi connectivity index (χ4v) is 2.85. The van der Waals surface area contributed by atoms with Crippen molar-refractivity contribution in [2.45, 2.75) is 26.2 Å². The Bertz CT molecular complexity index is 546. The number of anilines is 1. The number of carbonyl (C=O) groups is 2. The number of aliphatic carboxylic acids is 1. The molecule has 114 valence electrons. The van der Waals surface area contributed by atoms with E-state index in [9.17, 15) is 9.59 Å². The van der Waals surface area contributed by atoms with Gasteiger partial charge in [0.15, 0.2) is 0 Å². The van der Waals surface area contributed by atoms with Gasteiger partial charge in [-0.25, -0.2) is 0 Å². The number of hydrogen-bond donors (Lipinski definition) is 2. The third-order valence-electron chi connectivity index (χ3n) is 3.67. The number of amides is 1. The lowest BCUT2D eigenvalue weighted by Gasteiger charge is -2.17. The highest BCUT2D eigenvalue weighted by Gasteiger charge is 2.37. The van der Waals surface area contributed by atoms with Gasteiger partial charge in [0.1, 0.15) is 5.75 Å².